The van der Waals surface area contributed by atoms with Crippen molar-refractivity contribution in [3.63, 3.8) is 0 Å². The Morgan fingerprint density at radius 3 is 2.65 bits per heavy atom. The van der Waals surface area contributed by atoms with E-state index in [1.54, 1.807) is 13.2 Å². The summed E-state index contributed by atoms with van der Waals surface area (Å²) in [7, 11) is 1.65. The summed E-state index contributed by atoms with van der Waals surface area (Å²) in [6, 6.07) is 13.3. The summed E-state index contributed by atoms with van der Waals surface area (Å²) < 4.78 is 7.15. The van der Waals surface area contributed by atoms with Crippen molar-refractivity contribution in [2.24, 2.45) is 0 Å². The number of carbonyl (C=O) groups excluding carboxylic acids is 1. The van der Waals surface area contributed by atoms with Crippen molar-refractivity contribution < 1.29 is 9.53 Å². The maximum Gasteiger partial charge on any atom is 0.253 e. The molecule has 0 radical (unpaired) electrons. The van der Waals surface area contributed by atoms with Gasteiger partial charge < -0.3 is 14.6 Å². The van der Waals surface area contributed by atoms with E-state index in [1.165, 1.54) is 0 Å². The van der Waals surface area contributed by atoms with Gasteiger partial charge in [-0.3, -0.25) is 4.79 Å². The number of hydrogen-bond donors (Lipinski definition) is 1. The van der Waals surface area contributed by atoms with Gasteiger partial charge in [-0.15, -0.1) is 0 Å². The lowest BCUT2D eigenvalue weighted by atomic mass is 10.1. The molecule has 0 aliphatic rings. The molecule has 26 heavy (non-hydrogen) atoms. The first-order valence-corrected chi connectivity index (χ1v) is 9.15. The molecule has 3 aromatic rings. The highest BCUT2D eigenvalue weighted by atomic mass is 35.5. The van der Waals surface area contributed by atoms with Crippen LogP contribution in [0.5, 0.6) is 0 Å². The van der Waals surface area contributed by atoms with Crippen LogP contribution < -0.4 is 5.32 Å². The van der Waals surface area contributed by atoms with Gasteiger partial charge in [-0.1, -0.05) is 47.5 Å². The highest BCUT2D eigenvalue weighted by molar-refractivity contribution is 6.36. The summed E-state index contributed by atoms with van der Waals surface area (Å²) in [6.07, 6.45) is 2.50. The molecule has 1 N–H and O–H groups in total. The molecule has 3 rings (SSSR count). The van der Waals surface area contributed by atoms with Gasteiger partial charge in [0.25, 0.3) is 5.91 Å². The van der Waals surface area contributed by atoms with Crippen molar-refractivity contribution in [3.05, 3.63) is 69.8 Å². The Hall–Kier alpha value is -2.01. The first kappa shape index (κ1) is 18.8. The molecule has 0 aliphatic heterocycles. The number of fused-ring (bicyclic) bond motifs is 1. The zero-order chi connectivity index (χ0) is 18.5. The standard InChI is InChI=1S/C20H20Cl2N2O2/c1-26-12-11-24-13-15(19-17(22)7-4-8-18(19)24)20(25)23-10-9-14-5-2-3-6-16(14)21/h2-8,13H,9-12H2,1H3,(H,23,25). The van der Waals surface area contributed by atoms with Crippen LogP contribution in [-0.4, -0.2) is 30.7 Å². The average molecular weight is 391 g/mol. The fourth-order valence-corrected chi connectivity index (χ4v) is 3.46. The normalized spacial score (nSPS) is 11.0. The van der Waals surface area contributed by atoms with Crippen molar-refractivity contribution in [2.45, 2.75) is 13.0 Å². The highest BCUT2D eigenvalue weighted by Crippen LogP contribution is 2.29. The minimum atomic E-state index is -0.147. The largest absolute Gasteiger partial charge is 0.383 e. The first-order chi connectivity index (χ1) is 12.6. The second-order valence-corrected chi connectivity index (χ2v) is 6.77. The quantitative estimate of drug-likeness (QED) is 0.641. The van der Waals surface area contributed by atoms with Crippen LogP contribution in [0.3, 0.4) is 0 Å². The SMILES string of the molecule is COCCn1cc(C(=O)NCCc2ccccc2Cl)c2c(Cl)cccc21. The van der Waals surface area contributed by atoms with Crippen LogP contribution in [0.1, 0.15) is 15.9 Å². The van der Waals surface area contributed by atoms with Crippen LogP contribution in [0.15, 0.2) is 48.7 Å². The molecule has 0 aliphatic carbocycles. The van der Waals surface area contributed by atoms with Crippen LogP contribution in [0.4, 0.5) is 0 Å². The summed E-state index contributed by atoms with van der Waals surface area (Å²) in [5.41, 5.74) is 2.50. The van der Waals surface area contributed by atoms with Gasteiger partial charge in [0, 0.05) is 36.8 Å². The highest BCUT2D eigenvalue weighted by Gasteiger charge is 2.17. The smallest absolute Gasteiger partial charge is 0.253 e. The van der Waals surface area contributed by atoms with E-state index in [0.717, 1.165) is 16.5 Å². The van der Waals surface area contributed by atoms with Crippen LogP contribution in [0.25, 0.3) is 10.9 Å². The van der Waals surface area contributed by atoms with E-state index in [2.05, 4.69) is 5.32 Å². The molecule has 0 saturated carbocycles. The van der Waals surface area contributed by atoms with E-state index >= 15 is 0 Å². The number of nitrogens with one attached hydrogen (secondary N) is 1. The van der Waals surface area contributed by atoms with Gasteiger partial charge in [-0.2, -0.15) is 0 Å². The summed E-state index contributed by atoms with van der Waals surface area (Å²) in [5.74, 6) is -0.147. The number of benzene rings is 2. The Kier molecular flexibility index (Phi) is 6.20. The lowest BCUT2D eigenvalue weighted by Gasteiger charge is -2.06. The third-order valence-corrected chi connectivity index (χ3v) is 4.96. The molecule has 6 heteroatoms. The Morgan fingerprint density at radius 1 is 1.12 bits per heavy atom. The van der Waals surface area contributed by atoms with Gasteiger partial charge in [-0.25, -0.2) is 0 Å². The summed E-state index contributed by atoms with van der Waals surface area (Å²) >= 11 is 12.5. The van der Waals surface area contributed by atoms with Crippen molar-refractivity contribution in [2.75, 3.05) is 20.3 Å². The molecule has 2 aromatic carbocycles. The summed E-state index contributed by atoms with van der Waals surface area (Å²) in [4.78, 5) is 12.7. The monoisotopic (exact) mass is 390 g/mol. The van der Waals surface area contributed by atoms with Crippen molar-refractivity contribution >= 4 is 40.0 Å². The Labute approximate surface area is 162 Å². The van der Waals surface area contributed by atoms with Crippen LogP contribution in [-0.2, 0) is 17.7 Å². The number of nitrogens with zero attached hydrogens (tertiary/aromatic N) is 1. The molecule has 136 valence electrons. The number of ether oxygens (including phenoxy) is 1. The fourth-order valence-electron chi connectivity index (χ4n) is 2.96. The number of halogens is 2. The van der Waals surface area contributed by atoms with E-state index in [4.69, 9.17) is 27.9 Å². The van der Waals surface area contributed by atoms with Crippen molar-refractivity contribution in [1.82, 2.24) is 9.88 Å². The predicted molar refractivity (Wildman–Crippen MR) is 106 cm³/mol. The Balaban J connectivity index is 1.78. The van der Waals surface area contributed by atoms with E-state index in [1.807, 2.05) is 47.2 Å². The van der Waals surface area contributed by atoms with E-state index in [-0.39, 0.29) is 5.91 Å². The minimum absolute atomic E-state index is 0.147. The van der Waals surface area contributed by atoms with Gasteiger partial charge in [0.1, 0.15) is 0 Å². The molecule has 1 amide bonds. The molecular weight excluding hydrogens is 371 g/mol. The molecule has 1 aromatic heterocycles. The van der Waals surface area contributed by atoms with Gasteiger partial charge >= 0.3 is 0 Å². The third-order valence-electron chi connectivity index (χ3n) is 4.27. The van der Waals surface area contributed by atoms with Crippen LogP contribution in [0.2, 0.25) is 10.0 Å². The predicted octanol–water partition coefficient (Wildman–Crippen LogP) is 4.57. The average Bonchev–Trinajstić information content (AvgIpc) is 3.02. The van der Waals surface area contributed by atoms with Gasteiger partial charge in [0.15, 0.2) is 0 Å². The first-order valence-electron chi connectivity index (χ1n) is 8.39. The zero-order valence-corrected chi connectivity index (χ0v) is 16.0. The zero-order valence-electron chi connectivity index (χ0n) is 14.5. The number of methoxy groups -OCH3 is 1. The molecule has 4 nitrogen and oxygen atoms in total. The molecule has 0 fully saturated rings. The third kappa shape index (κ3) is 4.04. The second-order valence-electron chi connectivity index (χ2n) is 5.96. The molecule has 0 unspecified atom stereocenters. The lowest BCUT2D eigenvalue weighted by molar-refractivity contribution is 0.0955. The van der Waals surface area contributed by atoms with Gasteiger partial charge in [0.05, 0.1) is 22.7 Å². The lowest BCUT2D eigenvalue weighted by Crippen LogP contribution is -2.25. The van der Waals surface area contributed by atoms with E-state index in [9.17, 15) is 4.79 Å². The molecule has 1 heterocycles. The molecular formula is C20H20Cl2N2O2. The maximum atomic E-state index is 12.7. The number of amides is 1. The number of rotatable bonds is 7. The topological polar surface area (TPSA) is 43.3 Å². The maximum absolute atomic E-state index is 12.7. The van der Waals surface area contributed by atoms with Crippen LogP contribution in [0, 0.1) is 0 Å². The van der Waals surface area contributed by atoms with Gasteiger partial charge in [-0.05, 0) is 30.2 Å². The number of carbonyl (C=O) groups is 1. The molecule has 0 saturated heterocycles. The fraction of sp³-hybridized carbons (Fsp3) is 0.250. The van der Waals surface area contributed by atoms with Crippen molar-refractivity contribution in [1.29, 1.82) is 0 Å². The molecule has 0 atom stereocenters. The molecule has 0 spiro atoms. The Bertz CT molecular complexity index is 921. The second kappa shape index (κ2) is 8.58. The van der Waals surface area contributed by atoms with Gasteiger partial charge in [0.2, 0.25) is 0 Å². The minimum Gasteiger partial charge on any atom is -0.383 e. The van der Waals surface area contributed by atoms with Crippen LogP contribution >= 0.6 is 23.2 Å². The van der Waals surface area contributed by atoms with E-state index in [0.29, 0.717) is 41.7 Å². The van der Waals surface area contributed by atoms with E-state index < -0.39 is 0 Å². The van der Waals surface area contributed by atoms with Crippen molar-refractivity contribution in [3.8, 4) is 0 Å². The Morgan fingerprint density at radius 2 is 1.88 bits per heavy atom. The number of aromatic nitrogens is 1. The summed E-state index contributed by atoms with van der Waals surface area (Å²) in [5, 5.41) is 5.00. The number of hydrogen-bond acceptors (Lipinski definition) is 2. The summed E-state index contributed by atoms with van der Waals surface area (Å²) in [6.45, 7) is 1.71. The molecule has 0 bridgehead atoms.